The summed E-state index contributed by atoms with van der Waals surface area (Å²) in [6, 6.07) is 10.6. The van der Waals surface area contributed by atoms with Crippen LogP contribution in [0.3, 0.4) is 0 Å². The van der Waals surface area contributed by atoms with E-state index in [1.165, 1.54) is 24.8 Å². The third-order valence-electron chi connectivity index (χ3n) is 7.27. The fraction of sp³-hybridized carbons (Fsp3) is 0.500. The Hall–Kier alpha value is -2.89. The molecule has 6 heteroatoms. The number of carbonyl (C=O) groups is 2. The van der Waals surface area contributed by atoms with Crippen LogP contribution in [0.1, 0.15) is 50.6 Å². The molecule has 3 heterocycles. The summed E-state index contributed by atoms with van der Waals surface area (Å²) in [5.41, 5.74) is 1.89. The van der Waals surface area contributed by atoms with E-state index in [0.717, 1.165) is 18.7 Å². The van der Waals surface area contributed by atoms with Crippen molar-refractivity contribution in [3.05, 3.63) is 59.8 Å². The van der Waals surface area contributed by atoms with Crippen molar-refractivity contribution in [3.63, 3.8) is 0 Å². The number of benzene rings is 1. The summed E-state index contributed by atoms with van der Waals surface area (Å²) in [6.07, 6.45) is 11.4. The zero-order chi connectivity index (χ0) is 22.1. The maximum absolute atomic E-state index is 13.3. The number of hydrogen-bond acceptors (Lipinski definition) is 4. The van der Waals surface area contributed by atoms with Crippen LogP contribution in [0.5, 0.6) is 0 Å². The van der Waals surface area contributed by atoms with E-state index < -0.39 is 0 Å². The predicted molar refractivity (Wildman–Crippen MR) is 125 cm³/mol. The largest absolute Gasteiger partial charge is 0.339 e. The van der Waals surface area contributed by atoms with Crippen molar-refractivity contribution in [2.45, 2.75) is 51.1 Å². The topological polar surface area (TPSA) is 56.2 Å². The molecule has 168 valence electrons. The summed E-state index contributed by atoms with van der Waals surface area (Å²) in [4.78, 5) is 36.9. The van der Waals surface area contributed by atoms with Crippen LogP contribution in [-0.4, -0.2) is 64.6 Å². The molecular weight excluding hydrogens is 400 g/mol. The summed E-state index contributed by atoms with van der Waals surface area (Å²) >= 11 is 0. The van der Waals surface area contributed by atoms with Gasteiger partial charge in [0.05, 0.1) is 17.7 Å². The van der Waals surface area contributed by atoms with Crippen LogP contribution in [0.25, 0.3) is 0 Å². The molecule has 5 rings (SSSR count). The molecule has 2 fully saturated rings. The van der Waals surface area contributed by atoms with Crippen molar-refractivity contribution in [2.75, 3.05) is 26.2 Å². The minimum atomic E-state index is 0.0384. The average Bonchev–Trinajstić information content (AvgIpc) is 3.19. The molecule has 1 aliphatic carbocycles. The number of rotatable bonds is 3. The molecule has 1 aromatic carbocycles. The Morgan fingerprint density at radius 3 is 2.31 bits per heavy atom. The number of piperazine rings is 1. The van der Waals surface area contributed by atoms with Crippen molar-refractivity contribution in [2.24, 2.45) is 10.9 Å². The molecule has 1 saturated heterocycles. The predicted octanol–water partition coefficient (Wildman–Crippen LogP) is 3.54. The zero-order valence-electron chi connectivity index (χ0n) is 18.8. The van der Waals surface area contributed by atoms with E-state index in [2.05, 4.69) is 24.0 Å². The first kappa shape index (κ1) is 21.0. The molecule has 0 bridgehead atoms. The minimum absolute atomic E-state index is 0.0384. The Morgan fingerprint density at radius 2 is 1.59 bits per heavy atom. The van der Waals surface area contributed by atoms with E-state index in [4.69, 9.17) is 4.99 Å². The number of carbonyl (C=O) groups excluding carboxylic acids is 2. The fourth-order valence-electron chi connectivity index (χ4n) is 5.49. The van der Waals surface area contributed by atoms with Gasteiger partial charge in [-0.05, 0) is 37.5 Å². The van der Waals surface area contributed by atoms with Gasteiger partial charge in [0.2, 0.25) is 5.91 Å². The third kappa shape index (κ3) is 3.98. The summed E-state index contributed by atoms with van der Waals surface area (Å²) in [5.74, 6) is 1.44. The number of fused-ring (bicyclic) bond motifs is 1. The highest BCUT2D eigenvalue weighted by Gasteiger charge is 2.36. The number of hydrogen-bond donors (Lipinski definition) is 0. The van der Waals surface area contributed by atoms with Crippen LogP contribution in [0, 0.1) is 5.92 Å². The standard InChI is InChI=1S/C26H32N4O2/c1-19-24(20-8-4-2-5-9-20)30-18-22(12-13-23(30)27-19)26(32)29-16-14-28(15-17-29)25(31)21-10-6-3-7-11-21/h2,4-5,8-9,12-13,18-19,21,24H,3,6-7,10-11,14-17H2,1H3. The summed E-state index contributed by atoms with van der Waals surface area (Å²) in [7, 11) is 0. The van der Waals surface area contributed by atoms with Crippen molar-refractivity contribution in [3.8, 4) is 0 Å². The van der Waals surface area contributed by atoms with E-state index in [1.54, 1.807) is 0 Å². The number of aliphatic imine (C=N–C) groups is 1. The van der Waals surface area contributed by atoms with E-state index >= 15 is 0 Å². The van der Waals surface area contributed by atoms with E-state index in [0.29, 0.717) is 37.7 Å². The quantitative estimate of drug-likeness (QED) is 0.734. The third-order valence-corrected chi connectivity index (χ3v) is 7.27. The van der Waals surface area contributed by atoms with Crippen LogP contribution in [0.2, 0.25) is 0 Å². The van der Waals surface area contributed by atoms with Gasteiger partial charge in [-0.2, -0.15) is 0 Å². The molecule has 2 atom stereocenters. The summed E-state index contributed by atoms with van der Waals surface area (Å²) in [5, 5.41) is 0. The van der Waals surface area contributed by atoms with Crippen molar-refractivity contribution in [1.82, 2.24) is 14.7 Å². The van der Waals surface area contributed by atoms with Gasteiger partial charge >= 0.3 is 0 Å². The van der Waals surface area contributed by atoms with Crippen LogP contribution in [-0.2, 0) is 9.59 Å². The van der Waals surface area contributed by atoms with Gasteiger partial charge in [-0.3, -0.25) is 14.6 Å². The van der Waals surface area contributed by atoms with E-state index in [1.807, 2.05) is 46.4 Å². The number of nitrogens with zero attached hydrogens (tertiary/aromatic N) is 4. The monoisotopic (exact) mass is 432 g/mol. The second kappa shape index (κ2) is 8.93. The molecule has 0 radical (unpaired) electrons. The summed E-state index contributed by atoms with van der Waals surface area (Å²) in [6.45, 7) is 4.59. The SMILES string of the molecule is CC1N=C2C=CC(C(=O)N3CCN(C(=O)C4CCCCC4)CC3)=CN2C1c1ccccc1. The molecule has 1 saturated carbocycles. The number of amidine groups is 1. The molecule has 4 aliphatic rings. The molecule has 1 aromatic rings. The number of amides is 2. The zero-order valence-corrected chi connectivity index (χ0v) is 18.8. The van der Waals surface area contributed by atoms with E-state index in [-0.39, 0.29) is 23.9 Å². The van der Waals surface area contributed by atoms with Crippen molar-refractivity contribution in [1.29, 1.82) is 0 Å². The second-order valence-electron chi connectivity index (χ2n) is 9.36. The van der Waals surface area contributed by atoms with Gasteiger partial charge in [0, 0.05) is 38.3 Å². The molecule has 32 heavy (non-hydrogen) atoms. The first-order valence-corrected chi connectivity index (χ1v) is 12.0. The van der Waals surface area contributed by atoms with Crippen molar-refractivity contribution < 1.29 is 9.59 Å². The lowest BCUT2D eigenvalue weighted by molar-refractivity contribution is -0.141. The maximum atomic E-state index is 13.3. The summed E-state index contributed by atoms with van der Waals surface area (Å²) < 4.78 is 0. The highest BCUT2D eigenvalue weighted by Crippen LogP contribution is 2.35. The molecule has 2 amide bonds. The molecule has 0 aromatic heterocycles. The Bertz CT molecular complexity index is 953. The Labute approximate surface area is 190 Å². The van der Waals surface area contributed by atoms with Crippen LogP contribution >= 0.6 is 0 Å². The van der Waals surface area contributed by atoms with Crippen LogP contribution in [0.15, 0.2) is 59.2 Å². The first-order chi connectivity index (χ1) is 15.6. The van der Waals surface area contributed by atoms with Crippen LogP contribution < -0.4 is 0 Å². The maximum Gasteiger partial charge on any atom is 0.255 e. The molecule has 0 N–H and O–H groups in total. The minimum Gasteiger partial charge on any atom is -0.339 e. The molecule has 0 spiro atoms. The van der Waals surface area contributed by atoms with Crippen LogP contribution in [0.4, 0.5) is 0 Å². The average molecular weight is 433 g/mol. The first-order valence-electron chi connectivity index (χ1n) is 12.0. The highest BCUT2D eigenvalue weighted by atomic mass is 16.2. The lowest BCUT2D eigenvalue weighted by Crippen LogP contribution is -2.52. The Kier molecular flexibility index (Phi) is 5.85. The second-order valence-corrected chi connectivity index (χ2v) is 9.36. The Morgan fingerprint density at radius 1 is 0.906 bits per heavy atom. The normalized spacial score (nSPS) is 26.0. The van der Waals surface area contributed by atoms with E-state index in [9.17, 15) is 9.59 Å². The smallest absolute Gasteiger partial charge is 0.255 e. The van der Waals surface area contributed by atoms with Gasteiger partial charge in [0.1, 0.15) is 5.84 Å². The van der Waals surface area contributed by atoms with Gasteiger partial charge in [0.25, 0.3) is 5.91 Å². The molecule has 6 nitrogen and oxygen atoms in total. The van der Waals surface area contributed by atoms with Crippen molar-refractivity contribution >= 4 is 17.6 Å². The molecule has 3 aliphatic heterocycles. The lowest BCUT2D eigenvalue weighted by atomic mass is 9.88. The Balaban J connectivity index is 1.24. The van der Waals surface area contributed by atoms with Gasteiger partial charge < -0.3 is 14.7 Å². The van der Waals surface area contributed by atoms with Gasteiger partial charge in [-0.1, -0.05) is 49.6 Å². The van der Waals surface area contributed by atoms with Gasteiger partial charge in [-0.25, -0.2) is 0 Å². The molecular formula is C26H32N4O2. The highest BCUT2D eigenvalue weighted by molar-refractivity contribution is 6.04. The molecule has 2 unspecified atom stereocenters. The van der Waals surface area contributed by atoms with Gasteiger partial charge in [0.15, 0.2) is 0 Å². The lowest BCUT2D eigenvalue weighted by Gasteiger charge is -2.37. The van der Waals surface area contributed by atoms with Gasteiger partial charge in [-0.15, -0.1) is 0 Å². The fourth-order valence-corrected chi connectivity index (χ4v) is 5.49.